The minimum absolute atomic E-state index is 0.297. The highest BCUT2D eigenvalue weighted by molar-refractivity contribution is 6.33. The minimum atomic E-state index is 0.297. The van der Waals surface area contributed by atoms with Gasteiger partial charge >= 0.3 is 0 Å². The Morgan fingerprint density at radius 2 is 2.00 bits per heavy atom. The van der Waals surface area contributed by atoms with E-state index < -0.39 is 0 Å². The molecule has 1 fully saturated rings. The third kappa shape index (κ3) is 4.35. The number of nitroso groups, excluding NO2 is 1. The van der Waals surface area contributed by atoms with Crippen molar-refractivity contribution in [3.63, 3.8) is 0 Å². The van der Waals surface area contributed by atoms with E-state index in [1.807, 2.05) is 42.6 Å². The van der Waals surface area contributed by atoms with Crippen molar-refractivity contribution in [1.29, 1.82) is 0 Å². The van der Waals surface area contributed by atoms with Crippen molar-refractivity contribution in [3.05, 3.63) is 76.4 Å². The molecule has 5 rings (SSSR count). The van der Waals surface area contributed by atoms with Crippen LogP contribution in [0.25, 0.3) is 22.2 Å². The zero-order chi connectivity index (χ0) is 21.9. The quantitative estimate of drug-likeness (QED) is 0.368. The number of hydrogen-bond acceptors (Lipinski definition) is 6. The number of benzene rings is 2. The van der Waals surface area contributed by atoms with E-state index in [1.54, 1.807) is 12.3 Å². The summed E-state index contributed by atoms with van der Waals surface area (Å²) in [5, 5.41) is 8.13. The summed E-state index contributed by atoms with van der Waals surface area (Å²) < 4.78 is 0. The van der Waals surface area contributed by atoms with Gasteiger partial charge in [-0.3, -0.25) is 4.90 Å². The number of nitrogens with zero attached hydrogens (tertiary/aromatic N) is 4. The molecule has 0 radical (unpaired) electrons. The van der Waals surface area contributed by atoms with E-state index in [-0.39, 0.29) is 0 Å². The molecule has 2 aromatic carbocycles. The van der Waals surface area contributed by atoms with Crippen LogP contribution in [0.4, 0.5) is 11.6 Å². The molecule has 32 heavy (non-hydrogen) atoms. The normalized spacial score (nSPS) is 15.2. The SMILES string of the molecule is O=Nc1cccc(CN2CCC(Nc3ncc(Cl)c(-c4c[nH]c5ccccc45)n3)CC2)c1. The predicted molar refractivity (Wildman–Crippen MR) is 128 cm³/mol. The summed E-state index contributed by atoms with van der Waals surface area (Å²) in [6.07, 6.45) is 5.58. The summed E-state index contributed by atoms with van der Waals surface area (Å²) in [5.74, 6) is 0.595. The first-order valence-corrected chi connectivity index (χ1v) is 11.1. The first-order valence-electron chi connectivity index (χ1n) is 10.7. The second-order valence-corrected chi connectivity index (χ2v) is 8.50. The van der Waals surface area contributed by atoms with Crippen LogP contribution in [0.1, 0.15) is 18.4 Å². The van der Waals surface area contributed by atoms with Gasteiger partial charge in [0.15, 0.2) is 0 Å². The number of anilines is 1. The van der Waals surface area contributed by atoms with E-state index in [4.69, 9.17) is 16.6 Å². The third-order valence-electron chi connectivity index (χ3n) is 5.93. The molecule has 2 N–H and O–H groups in total. The highest BCUT2D eigenvalue weighted by Crippen LogP contribution is 2.32. The van der Waals surface area contributed by atoms with Crippen molar-refractivity contribution in [2.24, 2.45) is 5.18 Å². The van der Waals surface area contributed by atoms with Crippen molar-refractivity contribution in [2.75, 3.05) is 18.4 Å². The number of rotatable bonds is 6. The number of para-hydroxylation sites is 1. The summed E-state index contributed by atoms with van der Waals surface area (Å²) in [6, 6.07) is 15.9. The monoisotopic (exact) mass is 446 g/mol. The van der Waals surface area contributed by atoms with Crippen LogP contribution in [0.3, 0.4) is 0 Å². The van der Waals surface area contributed by atoms with Crippen LogP contribution >= 0.6 is 11.6 Å². The molecule has 0 amide bonds. The molecule has 0 atom stereocenters. The number of H-pyrrole nitrogens is 1. The molecular formula is C24H23ClN6O. The average Bonchev–Trinajstić information content (AvgIpc) is 3.26. The summed E-state index contributed by atoms with van der Waals surface area (Å²) >= 11 is 6.45. The second kappa shape index (κ2) is 9.06. The lowest BCUT2D eigenvalue weighted by molar-refractivity contribution is 0.211. The number of likely N-dealkylation sites (tertiary alicyclic amines) is 1. The van der Waals surface area contributed by atoms with Gasteiger partial charge < -0.3 is 10.3 Å². The standard InChI is InChI=1S/C24H23ClN6O/c25-21-14-27-24(29-23(21)20-13-26-22-7-2-1-6-19(20)22)28-17-8-10-31(11-9-17)15-16-4-3-5-18(12-16)30-32/h1-7,12-14,17,26H,8-11,15H2,(H,27,28,29). The number of hydrogen-bond donors (Lipinski definition) is 2. The van der Waals surface area contributed by atoms with E-state index in [1.165, 1.54) is 0 Å². The first kappa shape index (κ1) is 20.6. The molecule has 0 bridgehead atoms. The Morgan fingerprint density at radius 3 is 2.84 bits per heavy atom. The average molecular weight is 447 g/mol. The Morgan fingerprint density at radius 1 is 1.16 bits per heavy atom. The number of aromatic nitrogens is 3. The third-order valence-corrected chi connectivity index (χ3v) is 6.21. The smallest absolute Gasteiger partial charge is 0.223 e. The van der Waals surface area contributed by atoms with Crippen LogP contribution in [0.2, 0.25) is 5.02 Å². The van der Waals surface area contributed by atoms with Crippen molar-refractivity contribution in [1.82, 2.24) is 19.9 Å². The Kier molecular flexibility index (Phi) is 5.83. The number of halogens is 1. The van der Waals surface area contributed by atoms with Gasteiger partial charge in [0.25, 0.3) is 0 Å². The van der Waals surface area contributed by atoms with Gasteiger partial charge in [-0.1, -0.05) is 41.9 Å². The summed E-state index contributed by atoms with van der Waals surface area (Å²) in [5.41, 5.74) is 4.33. The molecule has 2 aromatic heterocycles. The molecule has 3 heterocycles. The Balaban J connectivity index is 1.25. The molecular weight excluding hydrogens is 424 g/mol. The van der Waals surface area contributed by atoms with Crippen molar-refractivity contribution in [3.8, 4) is 11.3 Å². The van der Waals surface area contributed by atoms with E-state index in [9.17, 15) is 4.91 Å². The molecule has 4 aromatic rings. The van der Waals surface area contributed by atoms with Gasteiger partial charge in [0.2, 0.25) is 5.95 Å². The molecule has 0 unspecified atom stereocenters. The summed E-state index contributed by atoms with van der Waals surface area (Å²) in [7, 11) is 0. The fourth-order valence-corrected chi connectivity index (χ4v) is 4.47. The first-order chi connectivity index (χ1) is 15.7. The second-order valence-electron chi connectivity index (χ2n) is 8.09. The maximum absolute atomic E-state index is 10.8. The maximum Gasteiger partial charge on any atom is 0.223 e. The topological polar surface area (TPSA) is 86.3 Å². The van der Waals surface area contributed by atoms with Crippen LogP contribution in [0, 0.1) is 4.91 Å². The van der Waals surface area contributed by atoms with Crippen LogP contribution in [0.5, 0.6) is 0 Å². The van der Waals surface area contributed by atoms with Gasteiger partial charge in [0.05, 0.1) is 16.9 Å². The molecule has 162 valence electrons. The van der Waals surface area contributed by atoms with Gasteiger partial charge in [-0.2, -0.15) is 0 Å². The molecule has 8 heteroatoms. The summed E-state index contributed by atoms with van der Waals surface area (Å²) in [6.45, 7) is 2.73. The Bertz CT molecular complexity index is 1250. The number of nitrogens with one attached hydrogen (secondary N) is 2. The summed E-state index contributed by atoms with van der Waals surface area (Å²) in [4.78, 5) is 25.6. The number of fused-ring (bicyclic) bond motifs is 1. The zero-order valence-corrected chi connectivity index (χ0v) is 18.2. The highest BCUT2D eigenvalue weighted by atomic mass is 35.5. The molecule has 1 saturated heterocycles. The lowest BCUT2D eigenvalue weighted by Gasteiger charge is -2.32. The predicted octanol–water partition coefficient (Wildman–Crippen LogP) is 5.75. The van der Waals surface area contributed by atoms with Gasteiger partial charge in [0.1, 0.15) is 5.69 Å². The molecule has 1 aliphatic rings. The van der Waals surface area contributed by atoms with Gasteiger partial charge in [-0.05, 0) is 41.8 Å². The van der Waals surface area contributed by atoms with Gasteiger partial charge in [0, 0.05) is 48.3 Å². The molecule has 0 saturated carbocycles. The van der Waals surface area contributed by atoms with Crippen LogP contribution < -0.4 is 5.32 Å². The largest absolute Gasteiger partial charge is 0.360 e. The van der Waals surface area contributed by atoms with Crippen molar-refractivity contribution >= 4 is 34.1 Å². The van der Waals surface area contributed by atoms with Crippen LogP contribution in [-0.4, -0.2) is 39.0 Å². The highest BCUT2D eigenvalue weighted by Gasteiger charge is 2.21. The molecule has 7 nitrogen and oxygen atoms in total. The van der Waals surface area contributed by atoms with E-state index >= 15 is 0 Å². The van der Waals surface area contributed by atoms with Crippen molar-refractivity contribution < 1.29 is 0 Å². The minimum Gasteiger partial charge on any atom is -0.360 e. The van der Waals surface area contributed by atoms with E-state index in [0.29, 0.717) is 22.7 Å². The zero-order valence-electron chi connectivity index (χ0n) is 17.5. The van der Waals surface area contributed by atoms with E-state index in [0.717, 1.165) is 60.2 Å². The van der Waals surface area contributed by atoms with E-state index in [2.05, 4.69) is 31.4 Å². The number of piperidine rings is 1. The van der Waals surface area contributed by atoms with Gasteiger partial charge in [-0.15, -0.1) is 4.91 Å². The fourth-order valence-electron chi connectivity index (χ4n) is 4.28. The van der Waals surface area contributed by atoms with Crippen molar-refractivity contribution in [2.45, 2.75) is 25.4 Å². The fraction of sp³-hybridized carbons (Fsp3) is 0.250. The number of aromatic amines is 1. The van der Waals surface area contributed by atoms with Gasteiger partial charge in [-0.25, -0.2) is 9.97 Å². The molecule has 0 aliphatic carbocycles. The lowest BCUT2D eigenvalue weighted by Crippen LogP contribution is -2.39. The lowest BCUT2D eigenvalue weighted by atomic mass is 10.0. The Hall–Kier alpha value is -3.29. The van der Waals surface area contributed by atoms with Crippen LogP contribution in [-0.2, 0) is 6.54 Å². The molecule has 1 aliphatic heterocycles. The molecule has 0 spiro atoms. The maximum atomic E-state index is 10.8. The Labute approximate surface area is 190 Å². The van der Waals surface area contributed by atoms with Crippen LogP contribution in [0.15, 0.2) is 66.1 Å².